The number of allylic oxidation sites excluding steroid dienone is 2. The molecule has 72 valence electrons. The lowest BCUT2D eigenvalue weighted by atomic mass is 9.99. The van der Waals surface area contributed by atoms with Gasteiger partial charge in [0.2, 0.25) is 0 Å². The highest BCUT2D eigenvalue weighted by Crippen LogP contribution is 2.46. The predicted octanol–water partition coefficient (Wildman–Crippen LogP) is 4.11. The Morgan fingerprint density at radius 2 is 2.07 bits per heavy atom. The average molecular weight is 249 g/mol. The highest BCUT2D eigenvalue weighted by atomic mass is 79.9. The molecular weight excluding hydrogens is 236 g/mol. The normalized spacial score (nSPS) is 19.4. The number of hydrogen-bond donors (Lipinski definition) is 0. The molecule has 3 rings (SSSR count). The van der Waals surface area contributed by atoms with Crippen molar-refractivity contribution in [1.29, 1.82) is 0 Å². The quantitative estimate of drug-likeness (QED) is 0.702. The molecule has 1 heteroatoms. The summed E-state index contributed by atoms with van der Waals surface area (Å²) in [5.74, 6) is 0.880. The number of benzene rings is 1. The van der Waals surface area contributed by atoms with Gasteiger partial charge in [-0.2, -0.15) is 0 Å². The minimum absolute atomic E-state index is 0.880. The van der Waals surface area contributed by atoms with Crippen molar-refractivity contribution in [2.24, 2.45) is 5.92 Å². The van der Waals surface area contributed by atoms with Gasteiger partial charge < -0.3 is 0 Å². The summed E-state index contributed by atoms with van der Waals surface area (Å²) in [6, 6.07) is 4.52. The van der Waals surface area contributed by atoms with E-state index in [1.807, 2.05) is 0 Å². The lowest BCUT2D eigenvalue weighted by Crippen LogP contribution is -1.90. The molecule has 2 aliphatic rings. The maximum atomic E-state index is 3.59. The molecule has 0 saturated heterocycles. The standard InChI is InChI=1S/C13H13Br/c1-8-6-10(14)7-13-11(8)4-5-12(13)9-2-3-9/h5-7,9H,2-4H2,1H3. The Balaban J connectivity index is 2.13. The van der Waals surface area contributed by atoms with Crippen molar-refractivity contribution >= 4 is 21.5 Å². The van der Waals surface area contributed by atoms with E-state index in [0.29, 0.717) is 0 Å². The molecule has 14 heavy (non-hydrogen) atoms. The third-order valence-electron chi connectivity index (χ3n) is 3.29. The van der Waals surface area contributed by atoms with Crippen molar-refractivity contribution < 1.29 is 0 Å². The Morgan fingerprint density at radius 1 is 1.29 bits per heavy atom. The zero-order valence-corrected chi connectivity index (χ0v) is 9.89. The van der Waals surface area contributed by atoms with E-state index in [4.69, 9.17) is 0 Å². The van der Waals surface area contributed by atoms with Gasteiger partial charge in [0.15, 0.2) is 0 Å². The molecule has 0 bridgehead atoms. The van der Waals surface area contributed by atoms with Gasteiger partial charge >= 0.3 is 0 Å². The summed E-state index contributed by atoms with van der Waals surface area (Å²) < 4.78 is 1.22. The largest absolute Gasteiger partial charge is 0.0760 e. The molecule has 0 aliphatic heterocycles. The maximum Gasteiger partial charge on any atom is 0.0184 e. The molecule has 1 fully saturated rings. The second-order valence-electron chi connectivity index (χ2n) is 4.39. The first-order chi connectivity index (χ1) is 6.75. The maximum absolute atomic E-state index is 3.59. The number of hydrogen-bond acceptors (Lipinski definition) is 0. The Hall–Kier alpha value is -0.560. The van der Waals surface area contributed by atoms with Crippen molar-refractivity contribution in [2.45, 2.75) is 26.2 Å². The van der Waals surface area contributed by atoms with E-state index in [9.17, 15) is 0 Å². The van der Waals surface area contributed by atoms with Crippen molar-refractivity contribution in [3.8, 4) is 0 Å². The van der Waals surface area contributed by atoms with E-state index >= 15 is 0 Å². The van der Waals surface area contributed by atoms with Gasteiger partial charge in [-0.3, -0.25) is 0 Å². The number of aryl methyl sites for hydroxylation is 1. The molecule has 0 atom stereocenters. The number of fused-ring (bicyclic) bond motifs is 1. The van der Waals surface area contributed by atoms with Gasteiger partial charge in [0.05, 0.1) is 0 Å². The van der Waals surface area contributed by atoms with Gasteiger partial charge in [0, 0.05) is 4.47 Å². The van der Waals surface area contributed by atoms with Gasteiger partial charge in [0.1, 0.15) is 0 Å². The van der Waals surface area contributed by atoms with Gasteiger partial charge in [-0.15, -0.1) is 0 Å². The average Bonchev–Trinajstić information content (AvgIpc) is 2.87. The summed E-state index contributed by atoms with van der Waals surface area (Å²) in [4.78, 5) is 0. The topological polar surface area (TPSA) is 0 Å². The highest BCUT2D eigenvalue weighted by Gasteiger charge is 2.30. The van der Waals surface area contributed by atoms with Crippen LogP contribution in [0.1, 0.15) is 29.5 Å². The van der Waals surface area contributed by atoms with Crippen LogP contribution in [0.15, 0.2) is 22.7 Å². The first-order valence-corrected chi connectivity index (χ1v) is 6.04. The Kier molecular flexibility index (Phi) is 1.85. The van der Waals surface area contributed by atoms with Crippen LogP contribution in [0.5, 0.6) is 0 Å². The second kappa shape index (κ2) is 2.96. The van der Waals surface area contributed by atoms with Crippen LogP contribution < -0.4 is 0 Å². The zero-order chi connectivity index (χ0) is 9.71. The molecule has 0 unspecified atom stereocenters. The van der Waals surface area contributed by atoms with E-state index in [2.05, 4.69) is 41.1 Å². The number of halogens is 1. The first kappa shape index (κ1) is 8.72. The molecule has 1 aromatic rings. The second-order valence-corrected chi connectivity index (χ2v) is 5.30. The molecule has 0 amide bonds. The van der Waals surface area contributed by atoms with Crippen molar-refractivity contribution in [3.05, 3.63) is 39.4 Å². The fourth-order valence-electron chi connectivity index (χ4n) is 2.40. The molecule has 0 radical (unpaired) electrons. The molecular formula is C13H13Br. The fraction of sp³-hybridized carbons (Fsp3) is 0.385. The molecule has 1 saturated carbocycles. The third-order valence-corrected chi connectivity index (χ3v) is 3.75. The monoisotopic (exact) mass is 248 g/mol. The van der Waals surface area contributed by atoms with Crippen molar-refractivity contribution in [3.63, 3.8) is 0 Å². The van der Waals surface area contributed by atoms with Crippen molar-refractivity contribution in [1.82, 2.24) is 0 Å². The van der Waals surface area contributed by atoms with Crippen LogP contribution in [0, 0.1) is 12.8 Å². The molecule has 0 aromatic heterocycles. The third kappa shape index (κ3) is 1.26. The first-order valence-electron chi connectivity index (χ1n) is 5.25. The van der Waals surface area contributed by atoms with E-state index < -0.39 is 0 Å². The van der Waals surface area contributed by atoms with Gasteiger partial charge in [-0.05, 0) is 66.5 Å². The van der Waals surface area contributed by atoms with Gasteiger partial charge in [-0.1, -0.05) is 22.0 Å². The van der Waals surface area contributed by atoms with E-state index in [1.54, 1.807) is 11.1 Å². The molecule has 1 aromatic carbocycles. The predicted molar refractivity (Wildman–Crippen MR) is 63.3 cm³/mol. The van der Waals surface area contributed by atoms with Gasteiger partial charge in [0.25, 0.3) is 0 Å². The summed E-state index contributed by atoms with van der Waals surface area (Å²) in [6.07, 6.45) is 6.38. The molecule has 0 nitrogen and oxygen atoms in total. The Labute approximate surface area is 93.2 Å². The van der Waals surface area contributed by atoms with Crippen LogP contribution in [-0.4, -0.2) is 0 Å². The minimum atomic E-state index is 0.880. The fourth-order valence-corrected chi connectivity index (χ4v) is 2.98. The summed E-state index contributed by atoms with van der Waals surface area (Å²) in [5, 5.41) is 0. The zero-order valence-electron chi connectivity index (χ0n) is 8.31. The van der Waals surface area contributed by atoms with Crippen LogP contribution in [0.2, 0.25) is 0 Å². The smallest absolute Gasteiger partial charge is 0.0184 e. The Morgan fingerprint density at radius 3 is 2.79 bits per heavy atom. The number of rotatable bonds is 1. The van der Waals surface area contributed by atoms with Crippen LogP contribution in [0.25, 0.3) is 5.57 Å². The van der Waals surface area contributed by atoms with E-state index in [0.717, 1.165) is 12.3 Å². The van der Waals surface area contributed by atoms with Gasteiger partial charge in [-0.25, -0.2) is 0 Å². The van der Waals surface area contributed by atoms with Crippen LogP contribution in [-0.2, 0) is 6.42 Å². The minimum Gasteiger partial charge on any atom is -0.0760 e. The van der Waals surface area contributed by atoms with Crippen LogP contribution in [0.4, 0.5) is 0 Å². The van der Waals surface area contributed by atoms with E-state index in [-0.39, 0.29) is 0 Å². The van der Waals surface area contributed by atoms with Crippen molar-refractivity contribution in [2.75, 3.05) is 0 Å². The highest BCUT2D eigenvalue weighted by molar-refractivity contribution is 9.10. The Bertz CT molecular complexity index is 425. The lowest BCUT2D eigenvalue weighted by molar-refractivity contribution is 1.15. The van der Waals surface area contributed by atoms with Crippen LogP contribution in [0.3, 0.4) is 0 Å². The summed E-state index contributed by atoms with van der Waals surface area (Å²) in [6.45, 7) is 2.22. The van der Waals surface area contributed by atoms with E-state index in [1.165, 1.54) is 28.4 Å². The lowest BCUT2D eigenvalue weighted by Gasteiger charge is -2.08. The molecule has 0 spiro atoms. The van der Waals surface area contributed by atoms with Crippen LogP contribution >= 0.6 is 15.9 Å². The SMILES string of the molecule is Cc1cc(Br)cc2c1CC=C2C1CC1. The molecule has 2 aliphatic carbocycles. The summed E-state index contributed by atoms with van der Waals surface area (Å²) >= 11 is 3.59. The summed E-state index contributed by atoms with van der Waals surface area (Å²) in [7, 11) is 0. The summed E-state index contributed by atoms with van der Waals surface area (Å²) in [5.41, 5.74) is 6.11. The molecule has 0 heterocycles. The molecule has 0 N–H and O–H groups in total.